The summed E-state index contributed by atoms with van der Waals surface area (Å²) >= 11 is 0. The highest BCUT2D eigenvalue weighted by atomic mass is 32.2. The molecule has 1 fully saturated rings. The van der Waals surface area contributed by atoms with Crippen molar-refractivity contribution in [3.63, 3.8) is 0 Å². The van der Waals surface area contributed by atoms with Gasteiger partial charge in [-0.25, -0.2) is 8.42 Å². The molecule has 108 valence electrons. The van der Waals surface area contributed by atoms with Gasteiger partial charge in [-0.3, -0.25) is 14.9 Å². The Bertz CT molecular complexity index is 622. The van der Waals surface area contributed by atoms with Crippen molar-refractivity contribution >= 4 is 21.8 Å². The molecule has 20 heavy (non-hydrogen) atoms. The Morgan fingerprint density at radius 3 is 2.45 bits per heavy atom. The highest BCUT2D eigenvalue weighted by Crippen LogP contribution is 2.13. The molecule has 0 radical (unpaired) electrons. The van der Waals surface area contributed by atoms with Gasteiger partial charge in [-0.2, -0.15) is 4.72 Å². The number of hydrogen-bond acceptors (Lipinski definition) is 4. The van der Waals surface area contributed by atoms with E-state index in [1.165, 1.54) is 12.1 Å². The molecule has 0 spiro atoms. The summed E-state index contributed by atoms with van der Waals surface area (Å²) in [5, 5.41) is 2.12. The van der Waals surface area contributed by atoms with Crippen molar-refractivity contribution < 1.29 is 18.0 Å². The topological polar surface area (TPSA) is 92.3 Å². The molecule has 0 bridgehead atoms. The minimum atomic E-state index is -3.76. The number of imide groups is 1. The van der Waals surface area contributed by atoms with Crippen LogP contribution in [0.25, 0.3) is 0 Å². The minimum absolute atomic E-state index is 0.111. The molecule has 1 unspecified atom stereocenters. The summed E-state index contributed by atoms with van der Waals surface area (Å²) < 4.78 is 26.6. The summed E-state index contributed by atoms with van der Waals surface area (Å²) in [4.78, 5) is 22.7. The number of nitrogens with one attached hydrogen (secondary N) is 2. The summed E-state index contributed by atoms with van der Waals surface area (Å²) in [6.45, 7) is 1.98. The third-order valence-corrected chi connectivity index (χ3v) is 4.67. The van der Waals surface area contributed by atoms with Crippen molar-refractivity contribution in [3.05, 3.63) is 29.8 Å². The molecule has 2 rings (SSSR count). The standard InChI is InChI=1S/C13H16N2O4S/c1-2-9-3-5-10(6-4-9)20(18,19)15-11-7-8-12(16)14-13(11)17/h3-6,11,15H,2,7-8H2,1H3,(H,14,16,17). The second-order valence-electron chi connectivity index (χ2n) is 4.62. The van der Waals surface area contributed by atoms with Crippen LogP contribution in [0.5, 0.6) is 0 Å². The maximum Gasteiger partial charge on any atom is 0.244 e. The van der Waals surface area contributed by atoms with Crippen molar-refractivity contribution in [2.24, 2.45) is 0 Å². The maximum atomic E-state index is 12.2. The van der Waals surface area contributed by atoms with Gasteiger partial charge in [0.05, 0.1) is 4.90 Å². The van der Waals surface area contributed by atoms with Gasteiger partial charge < -0.3 is 0 Å². The van der Waals surface area contributed by atoms with E-state index in [-0.39, 0.29) is 23.6 Å². The molecular weight excluding hydrogens is 280 g/mol. The normalized spacial score (nSPS) is 19.8. The lowest BCUT2D eigenvalue weighted by Crippen LogP contribution is -2.52. The highest BCUT2D eigenvalue weighted by Gasteiger charge is 2.30. The maximum absolute atomic E-state index is 12.2. The van der Waals surface area contributed by atoms with Gasteiger partial charge in [-0.15, -0.1) is 0 Å². The lowest BCUT2D eigenvalue weighted by molar-refractivity contribution is -0.134. The third kappa shape index (κ3) is 3.23. The number of sulfonamides is 1. The molecule has 0 aliphatic carbocycles. The molecule has 0 saturated carbocycles. The predicted molar refractivity (Wildman–Crippen MR) is 72.3 cm³/mol. The summed E-state index contributed by atoms with van der Waals surface area (Å²) in [6.07, 6.45) is 1.13. The Morgan fingerprint density at radius 2 is 1.90 bits per heavy atom. The Hall–Kier alpha value is -1.73. The van der Waals surface area contributed by atoms with Gasteiger partial charge in [0.15, 0.2) is 0 Å². The number of carbonyl (C=O) groups is 2. The number of hydrogen-bond donors (Lipinski definition) is 2. The third-order valence-electron chi connectivity index (χ3n) is 3.18. The van der Waals surface area contributed by atoms with E-state index in [1.54, 1.807) is 12.1 Å². The average Bonchev–Trinajstić information content (AvgIpc) is 2.42. The average molecular weight is 296 g/mol. The van der Waals surface area contributed by atoms with E-state index in [4.69, 9.17) is 0 Å². The summed E-state index contributed by atoms with van der Waals surface area (Å²) in [5.41, 5.74) is 1.03. The molecule has 0 aromatic heterocycles. The number of rotatable bonds is 4. The number of aryl methyl sites for hydroxylation is 1. The summed E-state index contributed by atoms with van der Waals surface area (Å²) in [7, 11) is -3.76. The van der Waals surface area contributed by atoms with Gasteiger partial charge in [-0.1, -0.05) is 19.1 Å². The highest BCUT2D eigenvalue weighted by molar-refractivity contribution is 7.89. The first-order valence-corrected chi connectivity index (χ1v) is 7.85. The zero-order valence-electron chi connectivity index (χ0n) is 11.0. The van der Waals surface area contributed by atoms with Gasteiger partial charge in [0.1, 0.15) is 6.04 Å². The number of carbonyl (C=O) groups excluding carboxylic acids is 2. The number of amides is 2. The van der Waals surface area contributed by atoms with Crippen molar-refractivity contribution in [1.82, 2.24) is 10.0 Å². The molecule has 1 aromatic carbocycles. The Balaban J connectivity index is 2.14. The van der Waals surface area contributed by atoms with Gasteiger partial charge >= 0.3 is 0 Å². The van der Waals surface area contributed by atoms with E-state index in [1.807, 2.05) is 6.92 Å². The molecular formula is C13H16N2O4S. The smallest absolute Gasteiger partial charge is 0.244 e. The lowest BCUT2D eigenvalue weighted by atomic mass is 10.1. The van der Waals surface area contributed by atoms with E-state index in [9.17, 15) is 18.0 Å². The Morgan fingerprint density at radius 1 is 1.25 bits per heavy atom. The molecule has 1 heterocycles. The number of piperidine rings is 1. The molecule has 2 N–H and O–H groups in total. The fraction of sp³-hybridized carbons (Fsp3) is 0.385. The molecule has 1 aromatic rings. The first-order valence-electron chi connectivity index (χ1n) is 6.37. The van der Waals surface area contributed by atoms with Crippen LogP contribution in [-0.2, 0) is 26.0 Å². The first-order chi connectivity index (χ1) is 9.42. The predicted octanol–water partition coefficient (Wildman–Crippen LogP) is 0.332. The van der Waals surface area contributed by atoms with Crippen LogP contribution >= 0.6 is 0 Å². The number of benzene rings is 1. The zero-order chi connectivity index (χ0) is 14.8. The molecule has 1 atom stereocenters. The Labute approximate surface area is 117 Å². The van der Waals surface area contributed by atoms with E-state index in [0.717, 1.165) is 12.0 Å². The minimum Gasteiger partial charge on any atom is -0.295 e. The van der Waals surface area contributed by atoms with E-state index >= 15 is 0 Å². The van der Waals surface area contributed by atoms with Crippen molar-refractivity contribution in [2.45, 2.75) is 37.1 Å². The van der Waals surface area contributed by atoms with Gasteiger partial charge in [0.2, 0.25) is 21.8 Å². The van der Waals surface area contributed by atoms with E-state index < -0.39 is 22.0 Å². The Kier molecular flexibility index (Phi) is 4.20. The van der Waals surface area contributed by atoms with Crippen LogP contribution in [0.4, 0.5) is 0 Å². The van der Waals surface area contributed by atoms with Crippen LogP contribution in [0, 0.1) is 0 Å². The second-order valence-corrected chi connectivity index (χ2v) is 6.34. The zero-order valence-corrected chi connectivity index (χ0v) is 11.9. The largest absolute Gasteiger partial charge is 0.295 e. The van der Waals surface area contributed by atoms with Crippen molar-refractivity contribution in [2.75, 3.05) is 0 Å². The molecule has 1 saturated heterocycles. The fourth-order valence-electron chi connectivity index (χ4n) is 1.97. The van der Waals surface area contributed by atoms with Crippen LogP contribution in [0.3, 0.4) is 0 Å². The lowest BCUT2D eigenvalue weighted by Gasteiger charge is -2.21. The van der Waals surface area contributed by atoms with Crippen LogP contribution in [-0.4, -0.2) is 26.3 Å². The fourth-order valence-corrected chi connectivity index (χ4v) is 3.20. The van der Waals surface area contributed by atoms with Crippen molar-refractivity contribution in [1.29, 1.82) is 0 Å². The van der Waals surface area contributed by atoms with Gasteiger partial charge in [-0.05, 0) is 30.5 Å². The van der Waals surface area contributed by atoms with Crippen LogP contribution in [0.1, 0.15) is 25.3 Å². The van der Waals surface area contributed by atoms with E-state index in [0.29, 0.717) is 0 Å². The van der Waals surface area contributed by atoms with E-state index in [2.05, 4.69) is 10.0 Å². The molecule has 1 aliphatic heterocycles. The summed E-state index contributed by atoms with van der Waals surface area (Å²) in [6, 6.07) is 5.58. The summed E-state index contributed by atoms with van der Waals surface area (Å²) in [5.74, 6) is -0.979. The first kappa shape index (κ1) is 14.7. The van der Waals surface area contributed by atoms with Gasteiger partial charge in [0.25, 0.3) is 0 Å². The molecule has 2 amide bonds. The quantitative estimate of drug-likeness (QED) is 0.783. The second kappa shape index (κ2) is 5.72. The van der Waals surface area contributed by atoms with Crippen LogP contribution in [0.15, 0.2) is 29.2 Å². The van der Waals surface area contributed by atoms with Gasteiger partial charge in [0, 0.05) is 6.42 Å². The molecule has 7 heteroatoms. The van der Waals surface area contributed by atoms with Crippen molar-refractivity contribution in [3.8, 4) is 0 Å². The molecule has 1 aliphatic rings. The molecule has 6 nitrogen and oxygen atoms in total. The SMILES string of the molecule is CCc1ccc(S(=O)(=O)NC2CCC(=O)NC2=O)cc1. The van der Waals surface area contributed by atoms with Crippen LogP contribution < -0.4 is 10.0 Å². The monoisotopic (exact) mass is 296 g/mol. The van der Waals surface area contributed by atoms with Crippen LogP contribution in [0.2, 0.25) is 0 Å².